The summed E-state index contributed by atoms with van der Waals surface area (Å²) in [7, 11) is 1.74. The van der Waals surface area contributed by atoms with E-state index in [1.165, 1.54) is 28.8 Å². The fourth-order valence-corrected chi connectivity index (χ4v) is 3.64. The Kier molecular flexibility index (Phi) is 9.70. The number of hydrogen-bond acceptors (Lipinski definition) is 3. The molecule has 1 aliphatic rings. The van der Waals surface area contributed by atoms with Gasteiger partial charge in [0.2, 0.25) is 0 Å². The minimum Gasteiger partial charge on any atom is -0.370 e. The predicted octanol–water partition coefficient (Wildman–Crippen LogP) is 3.44. The Bertz CT molecular complexity index is 922. The molecule has 0 radical (unpaired) electrons. The summed E-state index contributed by atoms with van der Waals surface area (Å²) in [5, 5.41) is 6.00. The third-order valence-corrected chi connectivity index (χ3v) is 5.16. The topological polar surface area (TPSA) is 66.0 Å². The third kappa shape index (κ3) is 6.64. The van der Waals surface area contributed by atoms with Crippen molar-refractivity contribution in [3.05, 3.63) is 70.5 Å². The highest BCUT2D eigenvalue weighted by Crippen LogP contribution is 2.25. The predicted molar refractivity (Wildman–Crippen MR) is 132 cm³/mol. The van der Waals surface area contributed by atoms with Gasteiger partial charge in [-0.2, -0.15) is 0 Å². The maximum absolute atomic E-state index is 13.7. The van der Waals surface area contributed by atoms with E-state index < -0.39 is 11.7 Å². The molecule has 3 rings (SSSR count). The van der Waals surface area contributed by atoms with Gasteiger partial charge in [-0.1, -0.05) is 35.9 Å². The Morgan fingerprint density at radius 2 is 1.94 bits per heavy atom. The summed E-state index contributed by atoms with van der Waals surface area (Å²) in [6.45, 7) is 7.09. The van der Waals surface area contributed by atoms with E-state index in [1.807, 2.05) is 0 Å². The number of amides is 1. The number of morpholine rings is 1. The molecule has 1 atom stereocenters. The second-order valence-electron chi connectivity index (χ2n) is 7.38. The molecule has 6 nitrogen and oxygen atoms in total. The first-order valence-corrected chi connectivity index (χ1v) is 10.2. The first-order chi connectivity index (χ1) is 14.5. The van der Waals surface area contributed by atoms with Gasteiger partial charge in [0.1, 0.15) is 11.9 Å². The lowest BCUT2D eigenvalue weighted by atomic mass is 10.00. The number of carbonyl (C=O) groups is 1. The van der Waals surface area contributed by atoms with E-state index in [-0.39, 0.29) is 35.6 Å². The maximum Gasteiger partial charge on any atom is 0.254 e. The van der Waals surface area contributed by atoms with Crippen LogP contribution in [0.3, 0.4) is 0 Å². The number of nitrogens with one attached hydrogen (secondary N) is 2. The van der Waals surface area contributed by atoms with Crippen molar-refractivity contribution in [3.63, 3.8) is 0 Å². The lowest BCUT2D eigenvalue weighted by Gasteiger charge is -2.35. The number of benzene rings is 2. The quantitative estimate of drug-likeness (QED) is 0.264. The highest BCUT2D eigenvalue weighted by Gasteiger charge is 2.25. The normalized spacial score (nSPS) is 16.5. The van der Waals surface area contributed by atoms with Gasteiger partial charge in [0.25, 0.3) is 5.91 Å². The maximum atomic E-state index is 13.7. The highest BCUT2D eigenvalue weighted by atomic mass is 127. The molecule has 1 saturated heterocycles. The zero-order chi connectivity index (χ0) is 21.5. The van der Waals surface area contributed by atoms with Gasteiger partial charge in [0.05, 0.1) is 18.7 Å². The van der Waals surface area contributed by atoms with Crippen LogP contribution in [0.25, 0.3) is 0 Å². The Hall–Kier alpha value is -2.20. The fraction of sp³-hybridized carbons (Fsp3) is 0.391. The molecule has 0 aliphatic carbocycles. The summed E-state index contributed by atoms with van der Waals surface area (Å²) in [6, 6.07) is 12.4. The zero-order valence-electron chi connectivity index (χ0n) is 18.2. The molecule has 1 heterocycles. The molecule has 1 fully saturated rings. The van der Waals surface area contributed by atoms with Crippen LogP contribution >= 0.6 is 24.0 Å². The molecule has 1 aliphatic heterocycles. The molecule has 1 unspecified atom stereocenters. The van der Waals surface area contributed by atoms with Crippen LogP contribution in [0, 0.1) is 19.7 Å². The van der Waals surface area contributed by atoms with Gasteiger partial charge in [-0.25, -0.2) is 4.39 Å². The minimum absolute atomic E-state index is 0. The summed E-state index contributed by atoms with van der Waals surface area (Å²) in [5.74, 6) is -0.191. The van der Waals surface area contributed by atoms with Crippen molar-refractivity contribution in [2.24, 2.45) is 4.99 Å². The highest BCUT2D eigenvalue weighted by molar-refractivity contribution is 14.0. The Balaban J connectivity index is 0.00000341. The molecule has 31 heavy (non-hydrogen) atoms. The van der Waals surface area contributed by atoms with E-state index >= 15 is 0 Å². The molecule has 0 bridgehead atoms. The number of carbonyl (C=O) groups excluding carboxylic acids is 1. The number of hydrogen-bond donors (Lipinski definition) is 2. The van der Waals surface area contributed by atoms with Crippen LogP contribution < -0.4 is 10.6 Å². The molecule has 8 heteroatoms. The van der Waals surface area contributed by atoms with Gasteiger partial charge in [0.15, 0.2) is 5.96 Å². The van der Waals surface area contributed by atoms with E-state index in [9.17, 15) is 9.18 Å². The summed E-state index contributed by atoms with van der Waals surface area (Å²) in [5.41, 5.74) is 3.70. The second kappa shape index (κ2) is 12.0. The van der Waals surface area contributed by atoms with E-state index in [4.69, 9.17) is 4.74 Å². The number of nitrogens with zero attached hydrogens (tertiary/aromatic N) is 2. The van der Waals surface area contributed by atoms with Gasteiger partial charge < -0.3 is 20.3 Å². The van der Waals surface area contributed by atoms with Crippen molar-refractivity contribution in [2.75, 3.05) is 39.8 Å². The first-order valence-electron chi connectivity index (χ1n) is 10.2. The number of aliphatic imine (C=N–C) groups is 1. The third-order valence-electron chi connectivity index (χ3n) is 5.16. The monoisotopic (exact) mass is 540 g/mol. The van der Waals surface area contributed by atoms with Crippen LogP contribution in [0.15, 0.2) is 47.5 Å². The summed E-state index contributed by atoms with van der Waals surface area (Å²) in [6.07, 6.45) is -0.0151. The molecular weight excluding hydrogens is 510 g/mol. The van der Waals surface area contributed by atoms with Gasteiger partial charge in [-0.15, -0.1) is 24.0 Å². The SMILES string of the molecule is CN=C(NCCNC(=O)c1ccccc1F)N1CCOC(c2ccc(C)cc2C)C1.I. The molecule has 1 amide bonds. The van der Waals surface area contributed by atoms with E-state index in [1.54, 1.807) is 19.2 Å². The molecule has 0 saturated carbocycles. The molecular formula is C23H30FIN4O2. The summed E-state index contributed by atoms with van der Waals surface area (Å²) >= 11 is 0. The van der Waals surface area contributed by atoms with Crippen LogP contribution in [-0.2, 0) is 4.74 Å². The van der Waals surface area contributed by atoms with Gasteiger partial charge in [-0.3, -0.25) is 9.79 Å². The standard InChI is InChI=1S/C23H29FN4O2.HI/c1-16-8-9-18(17(2)14-16)21-15-28(12-13-30-21)23(25-3)27-11-10-26-22(29)19-6-4-5-7-20(19)24;/h4-9,14,21H,10-13,15H2,1-3H3,(H,25,27)(H,26,29);1H. The number of rotatable bonds is 5. The lowest BCUT2D eigenvalue weighted by molar-refractivity contribution is -0.00829. The summed E-state index contributed by atoms with van der Waals surface area (Å²) in [4.78, 5) is 18.6. The number of aryl methyl sites for hydroxylation is 2. The molecule has 0 aromatic heterocycles. The van der Waals surface area contributed by atoms with Crippen molar-refractivity contribution in [1.29, 1.82) is 0 Å². The van der Waals surface area contributed by atoms with Crippen LogP contribution in [0.4, 0.5) is 4.39 Å². The van der Waals surface area contributed by atoms with Crippen molar-refractivity contribution in [2.45, 2.75) is 20.0 Å². The summed E-state index contributed by atoms with van der Waals surface area (Å²) < 4.78 is 19.7. The average molecular weight is 540 g/mol. The number of ether oxygens (including phenoxy) is 1. The molecule has 0 spiro atoms. The van der Waals surface area contributed by atoms with Crippen molar-refractivity contribution >= 4 is 35.8 Å². The van der Waals surface area contributed by atoms with Crippen molar-refractivity contribution in [1.82, 2.24) is 15.5 Å². The Morgan fingerprint density at radius 1 is 1.19 bits per heavy atom. The van der Waals surface area contributed by atoms with Crippen molar-refractivity contribution < 1.29 is 13.9 Å². The second-order valence-corrected chi connectivity index (χ2v) is 7.38. The van der Waals surface area contributed by atoms with Crippen LogP contribution in [0.2, 0.25) is 0 Å². The Morgan fingerprint density at radius 3 is 2.65 bits per heavy atom. The number of halogens is 2. The van der Waals surface area contributed by atoms with Gasteiger partial charge in [-0.05, 0) is 37.1 Å². The van der Waals surface area contributed by atoms with Crippen LogP contribution in [-0.4, -0.2) is 56.6 Å². The fourth-order valence-electron chi connectivity index (χ4n) is 3.64. The van der Waals surface area contributed by atoms with Crippen LogP contribution in [0.1, 0.15) is 33.2 Å². The van der Waals surface area contributed by atoms with Crippen molar-refractivity contribution in [3.8, 4) is 0 Å². The average Bonchev–Trinajstić information content (AvgIpc) is 2.74. The van der Waals surface area contributed by atoms with E-state index in [0.717, 1.165) is 12.5 Å². The largest absolute Gasteiger partial charge is 0.370 e. The first kappa shape index (κ1) is 25.1. The van der Waals surface area contributed by atoms with E-state index in [2.05, 4.69) is 52.6 Å². The van der Waals surface area contributed by atoms with E-state index in [0.29, 0.717) is 26.2 Å². The van der Waals surface area contributed by atoms with Gasteiger partial charge in [0, 0.05) is 26.7 Å². The minimum atomic E-state index is -0.524. The Labute approximate surface area is 200 Å². The smallest absolute Gasteiger partial charge is 0.254 e. The molecule has 2 N–H and O–H groups in total. The zero-order valence-corrected chi connectivity index (χ0v) is 20.5. The van der Waals surface area contributed by atoms with Gasteiger partial charge >= 0.3 is 0 Å². The molecule has 2 aromatic carbocycles. The number of guanidine groups is 1. The van der Waals surface area contributed by atoms with Crippen LogP contribution in [0.5, 0.6) is 0 Å². The lowest BCUT2D eigenvalue weighted by Crippen LogP contribution is -2.49. The molecule has 168 valence electrons. The molecule has 2 aromatic rings.